The molecule has 0 aliphatic rings. The minimum atomic E-state index is 0.390. The first-order chi connectivity index (χ1) is 8.08. The van der Waals surface area contributed by atoms with Gasteiger partial charge in [0.05, 0.1) is 11.0 Å². The van der Waals surface area contributed by atoms with Crippen molar-refractivity contribution in [1.82, 2.24) is 19.6 Å². The van der Waals surface area contributed by atoms with Crippen LogP contribution in [0.5, 0.6) is 0 Å². The Labute approximate surface area is 103 Å². The summed E-state index contributed by atoms with van der Waals surface area (Å²) in [7, 11) is 0. The lowest BCUT2D eigenvalue weighted by atomic mass is 10.1. The fourth-order valence-electron chi connectivity index (χ4n) is 1.99. The van der Waals surface area contributed by atoms with Crippen molar-refractivity contribution >= 4 is 28.3 Å². The molecule has 2 heterocycles. The molecule has 86 valence electrons. The van der Waals surface area contributed by atoms with Crippen LogP contribution in [0.4, 0.5) is 0 Å². The molecule has 0 saturated heterocycles. The van der Waals surface area contributed by atoms with Crippen LogP contribution in [-0.2, 0) is 0 Å². The zero-order valence-corrected chi connectivity index (χ0v) is 10.6. The molecule has 5 heteroatoms. The zero-order chi connectivity index (χ0) is 12.2. The molecule has 17 heavy (non-hydrogen) atoms. The predicted molar refractivity (Wildman–Crippen MR) is 67.5 cm³/mol. The fourth-order valence-corrected chi connectivity index (χ4v) is 2.21. The highest BCUT2D eigenvalue weighted by molar-refractivity contribution is 6.32. The number of nitrogens with zero attached hydrogens (tertiary/aromatic N) is 4. The maximum Gasteiger partial charge on any atom is 0.199 e. The largest absolute Gasteiger partial charge is 0.275 e. The van der Waals surface area contributed by atoms with Crippen molar-refractivity contribution in [3.63, 3.8) is 0 Å². The van der Waals surface area contributed by atoms with E-state index in [1.165, 1.54) is 11.1 Å². The third-order valence-electron chi connectivity index (χ3n) is 3.06. The lowest BCUT2D eigenvalue weighted by Crippen LogP contribution is -1.96. The summed E-state index contributed by atoms with van der Waals surface area (Å²) in [4.78, 5) is 4.36. The maximum atomic E-state index is 6.11. The Morgan fingerprint density at radius 3 is 2.53 bits per heavy atom. The zero-order valence-electron chi connectivity index (χ0n) is 9.82. The van der Waals surface area contributed by atoms with Gasteiger partial charge in [-0.15, -0.1) is 10.2 Å². The molecule has 0 saturated carbocycles. The molecule has 0 spiro atoms. The lowest BCUT2D eigenvalue weighted by Gasteiger charge is -2.07. The van der Waals surface area contributed by atoms with Gasteiger partial charge in [0, 0.05) is 0 Å². The second kappa shape index (κ2) is 3.40. The molecule has 3 aromatic rings. The fraction of sp³-hybridized carbons (Fsp3) is 0.250. The van der Waals surface area contributed by atoms with Gasteiger partial charge >= 0.3 is 0 Å². The summed E-state index contributed by atoms with van der Waals surface area (Å²) >= 11 is 6.11. The van der Waals surface area contributed by atoms with E-state index in [2.05, 4.69) is 35.1 Å². The highest BCUT2D eigenvalue weighted by Gasteiger charge is 2.12. The molecule has 3 rings (SSSR count). The Hall–Kier alpha value is -1.68. The van der Waals surface area contributed by atoms with Crippen molar-refractivity contribution in [3.8, 4) is 0 Å². The van der Waals surface area contributed by atoms with Gasteiger partial charge in [-0.2, -0.15) is 0 Å². The van der Waals surface area contributed by atoms with Gasteiger partial charge in [-0.3, -0.25) is 4.40 Å². The molecule has 0 unspecified atom stereocenters. The normalized spacial score (nSPS) is 11.5. The topological polar surface area (TPSA) is 43.1 Å². The van der Waals surface area contributed by atoms with Gasteiger partial charge in [0.15, 0.2) is 10.8 Å². The Balaban J connectivity index is 2.62. The van der Waals surface area contributed by atoms with E-state index in [0.717, 1.165) is 16.9 Å². The Bertz CT molecular complexity index is 745. The average Bonchev–Trinajstić information content (AvgIpc) is 2.65. The van der Waals surface area contributed by atoms with Crippen LogP contribution in [0.1, 0.15) is 17.0 Å². The molecule has 0 aliphatic heterocycles. The number of benzene rings is 1. The summed E-state index contributed by atoms with van der Waals surface area (Å²) in [6, 6.07) is 4.13. The van der Waals surface area contributed by atoms with E-state index in [0.29, 0.717) is 10.8 Å². The van der Waals surface area contributed by atoms with E-state index < -0.39 is 0 Å². The molecule has 1 aromatic carbocycles. The smallest absolute Gasteiger partial charge is 0.199 e. The van der Waals surface area contributed by atoms with Crippen molar-refractivity contribution in [3.05, 3.63) is 34.2 Å². The molecular formula is C12H11ClN4. The van der Waals surface area contributed by atoms with Crippen LogP contribution in [0.15, 0.2) is 12.1 Å². The first-order valence-electron chi connectivity index (χ1n) is 5.36. The second-order valence-corrected chi connectivity index (χ2v) is 4.59. The third-order valence-corrected chi connectivity index (χ3v) is 3.31. The van der Waals surface area contributed by atoms with E-state index in [9.17, 15) is 0 Å². The standard InChI is InChI=1S/C12H11ClN4/c1-6-4-9-10(5-7(6)2)17-8(3)15-16-12(17)11(13)14-9/h4-5H,1-3H3. The summed E-state index contributed by atoms with van der Waals surface area (Å²) in [5.41, 5.74) is 4.89. The number of aromatic nitrogens is 4. The predicted octanol–water partition coefficient (Wildman–Crippen LogP) is 2.86. The Kier molecular flexibility index (Phi) is 2.10. The number of fused-ring (bicyclic) bond motifs is 3. The van der Waals surface area contributed by atoms with Gasteiger partial charge in [0.1, 0.15) is 5.82 Å². The van der Waals surface area contributed by atoms with Crippen LogP contribution in [0.3, 0.4) is 0 Å². The van der Waals surface area contributed by atoms with Crippen molar-refractivity contribution in [2.45, 2.75) is 20.8 Å². The Morgan fingerprint density at radius 1 is 1.06 bits per heavy atom. The maximum absolute atomic E-state index is 6.11. The van der Waals surface area contributed by atoms with Gasteiger partial charge in [0.2, 0.25) is 0 Å². The van der Waals surface area contributed by atoms with Crippen molar-refractivity contribution in [1.29, 1.82) is 0 Å². The van der Waals surface area contributed by atoms with Crippen LogP contribution in [0.25, 0.3) is 16.7 Å². The highest BCUT2D eigenvalue weighted by atomic mass is 35.5. The van der Waals surface area contributed by atoms with Crippen molar-refractivity contribution in [2.75, 3.05) is 0 Å². The monoisotopic (exact) mass is 246 g/mol. The molecule has 0 fully saturated rings. The van der Waals surface area contributed by atoms with Crippen LogP contribution in [0, 0.1) is 20.8 Å². The van der Waals surface area contributed by atoms with E-state index in [1.807, 2.05) is 17.4 Å². The van der Waals surface area contributed by atoms with Crippen LogP contribution in [0.2, 0.25) is 5.15 Å². The minimum Gasteiger partial charge on any atom is -0.275 e. The summed E-state index contributed by atoms with van der Waals surface area (Å²) < 4.78 is 1.94. The lowest BCUT2D eigenvalue weighted by molar-refractivity contribution is 1.02. The summed E-state index contributed by atoms with van der Waals surface area (Å²) in [5.74, 6) is 0.817. The first kappa shape index (κ1) is 10.5. The number of rotatable bonds is 0. The molecule has 0 atom stereocenters. The van der Waals surface area contributed by atoms with Crippen LogP contribution >= 0.6 is 11.6 Å². The van der Waals surface area contributed by atoms with Gasteiger partial charge in [0.25, 0.3) is 0 Å². The van der Waals surface area contributed by atoms with Crippen molar-refractivity contribution in [2.24, 2.45) is 0 Å². The molecule has 0 bridgehead atoms. The molecule has 0 N–H and O–H groups in total. The number of hydrogen-bond acceptors (Lipinski definition) is 3. The number of aryl methyl sites for hydroxylation is 3. The minimum absolute atomic E-state index is 0.390. The molecule has 0 aliphatic carbocycles. The van der Waals surface area contributed by atoms with E-state index in [1.54, 1.807) is 0 Å². The molecule has 0 radical (unpaired) electrons. The molecule has 0 amide bonds. The van der Waals surface area contributed by atoms with Gasteiger partial charge in [-0.05, 0) is 44.0 Å². The number of hydrogen-bond donors (Lipinski definition) is 0. The quantitative estimate of drug-likeness (QED) is 0.613. The van der Waals surface area contributed by atoms with Crippen LogP contribution in [-0.4, -0.2) is 19.6 Å². The SMILES string of the molecule is Cc1cc2nc(Cl)c3nnc(C)n3c2cc1C. The molecular weight excluding hydrogens is 236 g/mol. The summed E-state index contributed by atoms with van der Waals surface area (Å²) in [6.45, 7) is 6.05. The second-order valence-electron chi connectivity index (χ2n) is 4.23. The molecule has 2 aromatic heterocycles. The van der Waals surface area contributed by atoms with Crippen LogP contribution < -0.4 is 0 Å². The van der Waals surface area contributed by atoms with Gasteiger partial charge < -0.3 is 0 Å². The van der Waals surface area contributed by atoms with Gasteiger partial charge in [-0.1, -0.05) is 11.6 Å². The first-order valence-corrected chi connectivity index (χ1v) is 5.74. The highest BCUT2D eigenvalue weighted by Crippen LogP contribution is 2.23. The summed E-state index contributed by atoms with van der Waals surface area (Å²) in [6.07, 6.45) is 0. The van der Waals surface area contributed by atoms with Gasteiger partial charge in [-0.25, -0.2) is 4.98 Å². The Morgan fingerprint density at radius 2 is 1.76 bits per heavy atom. The van der Waals surface area contributed by atoms with Crippen molar-refractivity contribution < 1.29 is 0 Å². The summed E-state index contributed by atoms with van der Waals surface area (Å²) in [5, 5.41) is 8.48. The average molecular weight is 247 g/mol. The third kappa shape index (κ3) is 1.41. The van der Waals surface area contributed by atoms with E-state index in [-0.39, 0.29) is 0 Å². The van der Waals surface area contributed by atoms with E-state index >= 15 is 0 Å². The molecule has 4 nitrogen and oxygen atoms in total. The number of halogens is 1. The van der Waals surface area contributed by atoms with E-state index in [4.69, 9.17) is 11.6 Å².